The number of rotatable bonds is 4. The number of halogens is 1. The minimum Gasteiger partial charge on any atom is -0.372 e. The first-order valence-electron chi connectivity index (χ1n) is 8.22. The zero-order valence-electron chi connectivity index (χ0n) is 14.3. The number of hydrogen-bond donors (Lipinski definition) is 1. The van der Waals surface area contributed by atoms with E-state index in [2.05, 4.69) is 68.2 Å². The Kier molecular flexibility index (Phi) is 5.36. The normalized spacial score (nSPS) is 20.9. The lowest BCUT2D eigenvalue weighted by atomic mass is 10.2. The third-order valence-corrected chi connectivity index (χ3v) is 4.49. The van der Waals surface area contributed by atoms with Crippen molar-refractivity contribution in [3.8, 4) is 0 Å². The van der Waals surface area contributed by atoms with Crippen LogP contribution in [0.25, 0.3) is 0 Å². The first-order chi connectivity index (χ1) is 11.5. The van der Waals surface area contributed by atoms with Gasteiger partial charge in [0.15, 0.2) is 0 Å². The lowest BCUT2D eigenvalue weighted by Gasteiger charge is -2.36. The van der Waals surface area contributed by atoms with E-state index in [0.29, 0.717) is 6.54 Å². The molecule has 1 fully saturated rings. The second-order valence-corrected chi connectivity index (χ2v) is 7.28. The quantitative estimate of drug-likeness (QED) is 0.860. The van der Waals surface area contributed by atoms with E-state index in [0.717, 1.165) is 40.3 Å². The molecule has 2 unspecified atom stereocenters. The molecule has 6 heteroatoms. The van der Waals surface area contributed by atoms with Crippen LogP contribution in [-0.4, -0.2) is 35.3 Å². The van der Waals surface area contributed by atoms with Gasteiger partial charge in [-0.15, -0.1) is 0 Å². The van der Waals surface area contributed by atoms with Crippen molar-refractivity contribution in [3.05, 3.63) is 46.2 Å². The summed E-state index contributed by atoms with van der Waals surface area (Å²) in [4.78, 5) is 11.3. The Hall–Kier alpha value is -1.66. The van der Waals surface area contributed by atoms with Crippen LogP contribution >= 0.6 is 15.9 Å². The molecular formula is C18H23BrN4O. The molecule has 1 saturated heterocycles. The molecule has 24 heavy (non-hydrogen) atoms. The van der Waals surface area contributed by atoms with Gasteiger partial charge < -0.3 is 15.0 Å². The highest BCUT2D eigenvalue weighted by Gasteiger charge is 2.22. The Morgan fingerprint density at radius 3 is 2.58 bits per heavy atom. The highest BCUT2D eigenvalue weighted by atomic mass is 79.9. The first-order valence-corrected chi connectivity index (χ1v) is 9.02. The Morgan fingerprint density at radius 2 is 1.96 bits per heavy atom. The molecular weight excluding hydrogens is 368 g/mol. The number of hydrogen-bond acceptors (Lipinski definition) is 5. The second kappa shape index (κ2) is 7.49. The lowest BCUT2D eigenvalue weighted by molar-refractivity contribution is -0.00545. The summed E-state index contributed by atoms with van der Waals surface area (Å²) in [6, 6.07) is 6.26. The third-order valence-electron chi connectivity index (χ3n) is 4.06. The van der Waals surface area contributed by atoms with E-state index in [-0.39, 0.29) is 12.2 Å². The van der Waals surface area contributed by atoms with Crippen LogP contribution in [0.3, 0.4) is 0 Å². The molecule has 5 nitrogen and oxygen atoms in total. The minimum atomic E-state index is 0.239. The fourth-order valence-electron chi connectivity index (χ4n) is 2.98. The monoisotopic (exact) mass is 390 g/mol. The fourth-order valence-corrected chi connectivity index (χ4v) is 3.43. The average molecular weight is 391 g/mol. The molecule has 2 aromatic heterocycles. The predicted molar refractivity (Wildman–Crippen MR) is 100 cm³/mol. The van der Waals surface area contributed by atoms with Gasteiger partial charge in [0.1, 0.15) is 11.6 Å². The third kappa shape index (κ3) is 4.24. The summed E-state index contributed by atoms with van der Waals surface area (Å²) in [6.07, 6.45) is 4.21. The Labute approximate surface area is 151 Å². The summed E-state index contributed by atoms with van der Waals surface area (Å²) in [5.41, 5.74) is 2.25. The van der Waals surface area contributed by atoms with E-state index >= 15 is 0 Å². The molecule has 2 aromatic rings. The van der Waals surface area contributed by atoms with Crippen molar-refractivity contribution in [3.63, 3.8) is 0 Å². The van der Waals surface area contributed by atoms with Crippen LogP contribution in [0.2, 0.25) is 0 Å². The SMILES string of the molecule is Cc1cc(Br)cnc1NCc1ccc(N2CC(C)OC(C)C2)nc1. The topological polar surface area (TPSA) is 50.3 Å². The van der Waals surface area contributed by atoms with Crippen LogP contribution in [0, 0.1) is 6.92 Å². The van der Waals surface area contributed by atoms with Gasteiger partial charge in [0, 0.05) is 36.5 Å². The van der Waals surface area contributed by atoms with E-state index in [4.69, 9.17) is 4.74 Å². The molecule has 3 heterocycles. The van der Waals surface area contributed by atoms with Crippen LogP contribution < -0.4 is 10.2 Å². The van der Waals surface area contributed by atoms with Crippen molar-refractivity contribution in [1.29, 1.82) is 0 Å². The average Bonchev–Trinajstić information content (AvgIpc) is 2.53. The largest absolute Gasteiger partial charge is 0.372 e. The molecule has 1 aliphatic heterocycles. The lowest BCUT2D eigenvalue weighted by Crippen LogP contribution is -2.45. The summed E-state index contributed by atoms with van der Waals surface area (Å²) < 4.78 is 6.77. The summed E-state index contributed by atoms with van der Waals surface area (Å²) in [7, 11) is 0. The van der Waals surface area contributed by atoms with E-state index in [1.54, 1.807) is 6.20 Å². The van der Waals surface area contributed by atoms with Gasteiger partial charge in [0.25, 0.3) is 0 Å². The Bertz CT molecular complexity index is 682. The Morgan fingerprint density at radius 1 is 1.21 bits per heavy atom. The van der Waals surface area contributed by atoms with Gasteiger partial charge in [-0.3, -0.25) is 0 Å². The van der Waals surface area contributed by atoms with Gasteiger partial charge >= 0.3 is 0 Å². The first kappa shape index (κ1) is 17.2. The number of aromatic nitrogens is 2. The zero-order valence-corrected chi connectivity index (χ0v) is 15.9. The number of nitrogens with one attached hydrogen (secondary N) is 1. The molecule has 0 aliphatic carbocycles. The standard InChI is InChI=1S/C18H23BrN4O/c1-12-6-16(19)9-22-18(12)21-8-15-4-5-17(20-7-15)23-10-13(2)24-14(3)11-23/h4-7,9,13-14H,8,10-11H2,1-3H3,(H,21,22). The van der Waals surface area contributed by atoms with Crippen molar-refractivity contribution in [2.75, 3.05) is 23.3 Å². The van der Waals surface area contributed by atoms with Crippen molar-refractivity contribution in [2.45, 2.75) is 39.5 Å². The highest BCUT2D eigenvalue weighted by Crippen LogP contribution is 2.20. The number of nitrogens with zero attached hydrogens (tertiary/aromatic N) is 3. The molecule has 0 radical (unpaired) electrons. The van der Waals surface area contributed by atoms with Crippen LogP contribution in [0.1, 0.15) is 25.0 Å². The molecule has 0 bridgehead atoms. The molecule has 0 saturated carbocycles. The summed E-state index contributed by atoms with van der Waals surface area (Å²) in [5.74, 6) is 1.91. The molecule has 3 rings (SSSR count). The van der Waals surface area contributed by atoms with Crippen LogP contribution in [0.5, 0.6) is 0 Å². The molecule has 0 aromatic carbocycles. The van der Waals surface area contributed by atoms with Crippen molar-refractivity contribution >= 4 is 27.6 Å². The van der Waals surface area contributed by atoms with Gasteiger partial charge in [-0.2, -0.15) is 0 Å². The van der Waals surface area contributed by atoms with Crippen molar-refractivity contribution in [1.82, 2.24) is 9.97 Å². The number of pyridine rings is 2. The summed E-state index contributed by atoms with van der Waals surface area (Å²) in [6.45, 7) is 8.73. The Balaban J connectivity index is 1.62. The molecule has 2 atom stereocenters. The number of anilines is 2. The summed E-state index contributed by atoms with van der Waals surface area (Å²) >= 11 is 3.43. The summed E-state index contributed by atoms with van der Waals surface area (Å²) in [5, 5.41) is 3.36. The van der Waals surface area contributed by atoms with Gasteiger partial charge in [-0.05, 0) is 60.0 Å². The van der Waals surface area contributed by atoms with Crippen molar-refractivity contribution in [2.24, 2.45) is 0 Å². The maximum atomic E-state index is 5.78. The van der Waals surface area contributed by atoms with Crippen LogP contribution in [0.15, 0.2) is 35.1 Å². The van der Waals surface area contributed by atoms with E-state index < -0.39 is 0 Å². The maximum absolute atomic E-state index is 5.78. The number of ether oxygens (including phenoxy) is 1. The van der Waals surface area contributed by atoms with E-state index in [1.165, 1.54) is 0 Å². The minimum absolute atomic E-state index is 0.239. The highest BCUT2D eigenvalue weighted by molar-refractivity contribution is 9.10. The smallest absolute Gasteiger partial charge is 0.129 e. The van der Waals surface area contributed by atoms with Gasteiger partial charge in [0.2, 0.25) is 0 Å². The molecule has 0 amide bonds. The van der Waals surface area contributed by atoms with Crippen molar-refractivity contribution < 1.29 is 4.74 Å². The maximum Gasteiger partial charge on any atom is 0.129 e. The van der Waals surface area contributed by atoms with E-state index in [9.17, 15) is 0 Å². The van der Waals surface area contributed by atoms with Crippen LogP contribution in [0.4, 0.5) is 11.6 Å². The van der Waals surface area contributed by atoms with Gasteiger partial charge in [0.05, 0.1) is 12.2 Å². The fraction of sp³-hybridized carbons (Fsp3) is 0.444. The van der Waals surface area contributed by atoms with Gasteiger partial charge in [-0.1, -0.05) is 6.07 Å². The zero-order chi connectivity index (χ0) is 17.1. The van der Waals surface area contributed by atoms with Crippen LogP contribution in [-0.2, 0) is 11.3 Å². The second-order valence-electron chi connectivity index (χ2n) is 6.36. The van der Waals surface area contributed by atoms with E-state index in [1.807, 2.05) is 13.1 Å². The molecule has 1 N–H and O–H groups in total. The predicted octanol–water partition coefficient (Wildman–Crippen LogP) is 3.77. The molecule has 1 aliphatic rings. The molecule has 0 spiro atoms. The molecule has 128 valence electrons. The number of morpholine rings is 1. The number of aryl methyl sites for hydroxylation is 1. The van der Waals surface area contributed by atoms with Gasteiger partial charge in [-0.25, -0.2) is 9.97 Å².